The quantitative estimate of drug-likeness (QED) is 0.785. The smallest absolute Gasteiger partial charge is 0.124 e. The van der Waals surface area contributed by atoms with E-state index in [4.69, 9.17) is 4.74 Å². The van der Waals surface area contributed by atoms with Gasteiger partial charge in [-0.2, -0.15) is 0 Å². The van der Waals surface area contributed by atoms with Crippen LogP contribution in [0.1, 0.15) is 35.4 Å². The number of aliphatic hydroxyl groups is 1. The van der Waals surface area contributed by atoms with Gasteiger partial charge in [-0.15, -0.1) is 11.3 Å². The number of aliphatic hydroxyl groups excluding tert-OH is 1. The second-order valence-electron chi connectivity index (χ2n) is 6.39. The molecule has 0 saturated carbocycles. The molecule has 3 nitrogen and oxygen atoms in total. The van der Waals surface area contributed by atoms with Crippen molar-refractivity contribution in [1.29, 1.82) is 0 Å². The van der Waals surface area contributed by atoms with E-state index in [9.17, 15) is 5.11 Å². The lowest BCUT2D eigenvalue weighted by atomic mass is 10.1. The van der Waals surface area contributed by atoms with Crippen LogP contribution in [-0.4, -0.2) is 23.7 Å². The van der Waals surface area contributed by atoms with Crippen LogP contribution >= 0.6 is 11.3 Å². The molecule has 126 valence electrons. The molecule has 0 radical (unpaired) electrons. The molecule has 1 aromatic carbocycles. The highest BCUT2D eigenvalue weighted by molar-refractivity contribution is 7.10. The van der Waals surface area contributed by atoms with Gasteiger partial charge in [0.1, 0.15) is 5.75 Å². The number of rotatable bonds is 8. The van der Waals surface area contributed by atoms with Crippen LogP contribution in [-0.2, 0) is 19.7 Å². The van der Waals surface area contributed by atoms with Gasteiger partial charge in [-0.1, -0.05) is 19.9 Å². The fourth-order valence-electron chi connectivity index (χ4n) is 2.78. The maximum absolute atomic E-state index is 9.51. The van der Waals surface area contributed by atoms with Crippen molar-refractivity contribution in [2.45, 2.75) is 40.5 Å². The van der Waals surface area contributed by atoms with E-state index in [2.05, 4.69) is 43.2 Å². The minimum Gasteiger partial charge on any atom is -0.496 e. The topological polar surface area (TPSA) is 32.7 Å². The van der Waals surface area contributed by atoms with Gasteiger partial charge < -0.3 is 9.84 Å². The predicted octanol–water partition coefficient (Wildman–Crippen LogP) is 4.22. The number of thiophene rings is 1. The number of methoxy groups -OCH3 is 1. The first-order valence-corrected chi connectivity index (χ1v) is 8.93. The summed E-state index contributed by atoms with van der Waals surface area (Å²) >= 11 is 1.83. The van der Waals surface area contributed by atoms with E-state index in [-0.39, 0.29) is 6.61 Å². The molecule has 2 rings (SSSR count). The zero-order valence-electron chi connectivity index (χ0n) is 14.5. The summed E-state index contributed by atoms with van der Waals surface area (Å²) in [5.74, 6) is 1.37. The molecular weight excluding hydrogens is 306 g/mol. The normalized spacial score (nSPS) is 11.4. The molecule has 0 unspecified atom stereocenters. The van der Waals surface area contributed by atoms with E-state index < -0.39 is 0 Å². The van der Waals surface area contributed by atoms with Crippen LogP contribution < -0.4 is 4.74 Å². The lowest BCUT2D eigenvalue weighted by Gasteiger charge is -2.24. The van der Waals surface area contributed by atoms with Gasteiger partial charge in [-0.3, -0.25) is 4.90 Å². The Kier molecular flexibility index (Phi) is 6.63. The van der Waals surface area contributed by atoms with E-state index in [0.717, 1.165) is 30.9 Å². The molecule has 0 amide bonds. The number of aryl methyl sites for hydroxylation is 1. The molecule has 1 aromatic heterocycles. The molecular formula is C19H27NO2S. The number of ether oxygens (including phenoxy) is 1. The van der Waals surface area contributed by atoms with Gasteiger partial charge in [0.15, 0.2) is 0 Å². The molecule has 4 heteroatoms. The first kappa shape index (κ1) is 18.0. The zero-order valence-corrected chi connectivity index (χ0v) is 15.3. The summed E-state index contributed by atoms with van der Waals surface area (Å²) in [6.07, 6.45) is 0. The summed E-state index contributed by atoms with van der Waals surface area (Å²) in [6.45, 7) is 9.59. The number of hydrogen-bond donors (Lipinski definition) is 1. The Morgan fingerprint density at radius 2 is 2.00 bits per heavy atom. The fraction of sp³-hybridized carbons (Fsp3) is 0.474. The summed E-state index contributed by atoms with van der Waals surface area (Å²) < 4.78 is 5.29. The molecule has 0 aliphatic heterocycles. The molecule has 1 heterocycles. The van der Waals surface area contributed by atoms with Gasteiger partial charge in [0.25, 0.3) is 0 Å². The van der Waals surface area contributed by atoms with Crippen LogP contribution in [0.15, 0.2) is 29.6 Å². The van der Waals surface area contributed by atoms with Crippen molar-refractivity contribution in [3.8, 4) is 5.75 Å². The molecule has 0 fully saturated rings. The lowest BCUT2D eigenvalue weighted by Crippen LogP contribution is -2.27. The van der Waals surface area contributed by atoms with Crippen molar-refractivity contribution in [2.24, 2.45) is 5.92 Å². The van der Waals surface area contributed by atoms with Crippen molar-refractivity contribution in [3.05, 3.63) is 51.2 Å². The van der Waals surface area contributed by atoms with Gasteiger partial charge in [-0.05, 0) is 47.5 Å². The van der Waals surface area contributed by atoms with Gasteiger partial charge in [0.2, 0.25) is 0 Å². The number of benzene rings is 1. The Hall–Kier alpha value is -1.36. The van der Waals surface area contributed by atoms with Crippen molar-refractivity contribution < 1.29 is 9.84 Å². The van der Waals surface area contributed by atoms with Crippen molar-refractivity contribution in [1.82, 2.24) is 4.90 Å². The minimum absolute atomic E-state index is 0.00519. The van der Waals surface area contributed by atoms with E-state index in [0.29, 0.717) is 5.92 Å². The largest absolute Gasteiger partial charge is 0.496 e. The van der Waals surface area contributed by atoms with Crippen LogP contribution in [0.5, 0.6) is 5.75 Å². The number of hydrogen-bond acceptors (Lipinski definition) is 4. The molecule has 0 spiro atoms. The van der Waals surface area contributed by atoms with Gasteiger partial charge >= 0.3 is 0 Å². The Bertz CT molecular complexity index is 622. The lowest BCUT2D eigenvalue weighted by molar-refractivity contribution is 0.228. The first-order chi connectivity index (χ1) is 11.0. The van der Waals surface area contributed by atoms with Gasteiger partial charge in [-0.25, -0.2) is 0 Å². The second-order valence-corrected chi connectivity index (χ2v) is 7.40. The second kappa shape index (κ2) is 8.48. The third-order valence-corrected chi connectivity index (χ3v) is 4.89. The molecule has 23 heavy (non-hydrogen) atoms. The average molecular weight is 333 g/mol. The van der Waals surface area contributed by atoms with E-state index >= 15 is 0 Å². The highest BCUT2D eigenvalue weighted by Gasteiger charge is 2.13. The first-order valence-electron chi connectivity index (χ1n) is 8.05. The summed E-state index contributed by atoms with van der Waals surface area (Å²) in [4.78, 5) is 3.91. The third kappa shape index (κ3) is 5.06. The van der Waals surface area contributed by atoms with E-state index in [1.54, 1.807) is 7.11 Å². The van der Waals surface area contributed by atoms with Crippen molar-refractivity contribution in [2.75, 3.05) is 13.7 Å². The van der Waals surface area contributed by atoms with Crippen molar-refractivity contribution in [3.63, 3.8) is 0 Å². The van der Waals surface area contributed by atoms with E-state index in [1.165, 1.54) is 16.0 Å². The highest BCUT2D eigenvalue weighted by atomic mass is 32.1. The monoisotopic (exact) mass is 333 g/mol. The molecule has 1 N–H and O–H groups in total. The molecule has 0 atom stereocenters. The summed E-state index contributed by atoms with van der Waals surface area (Å²) in [5.41, 5.74) is 3.43. The van der Waals surface area contributed by atoms with Gasteiger partial charge in [0.05, 0.1) is 13.7 Å². The zero-order chi connectivity index (χ0) is 16.8. The Balaban J connectivity index is 2.15. The molecule has 0 aliphatic rings. The van der Waals surface area contributed by atoms with Crippen LogP contribution in [0.2, 0.25) is 0 Å². The van der Waals surface area contributed by atoms with Crippen LogP contribution in [0.25, 0.3) is 0 Å². The van der Waals surface area contributed by atoms with Crippen LogP contribution in [0, 0.1) is 12.8 Å². The Labute approximate surface area is 143 Å². The standard InChI is InChI=1S/C19H27NO2S/c1-14(2)10-20(12-19-15(3)7-8-23-19)11-16-5-6-18(22-4)17(9-16)13-21/h5-9,14,21H,10-13H2,1-4H3. The van der Waals surface area contributed by atoms with Crippen molar-refractivity contribution >= 4 is 11.3 Å². The predicted molar refractivity (Wildman–Crippen MR) is 96.9 cm³/mol. The van der Waals surface area contributed by atoms with E-state index in [1.807, 2.05) is 23.5 Å². The Morgan fingerprint density at radius 1 is 1.22 bits per heavy atom. The molecule has 0 saturated heterocycles. The van der Waals surface area contributed by atoms with Crippen LogP contribution in [0.4, 0.5) is 0 Å². The maximum Gasteiger partial charge on any atom is 0.124 e. The summed E-state index contributed by atoms with van der Waals surface area (Å²) in [7, 11) is 1.64. The fourth-order valence-corrected chi connectivity index (χ4v) is 3.73. The third-order valence-electron chi connectivity index (χ3n) is 3.88. The average Bonchev–Trinajstić information content (AvgIpc) is 2.91. The summed E-state index contributed by atoms with van der Waals surface area (Å²) in [5, 5.41) is 11.7. The molecule has 2 aromatic rings. The Morgan fingerprint density at radius 3 is 2.57 bits per heavy atom. The highest BCUT2D eigenvalue weighted by Crippen LogP contribution is 2.23. The van der Waals surface area contributed by atoms with Gasteiger partial charge in [0, 0.05) is 30.1 Å². The minimum atomic E-state index is 0.00519. The number of nitrogens with zero attached hydrogens (tertiary/aromatic N) is 1. The van der Waals surface area contributed by atoms with Crippen LogP contribution in [0.3, 0.4) is 0 Å². The molecule has 0 aliphatic carbocycles. The SMILES string of the molecule is COc1ccc(CN(Cc2sccc2C)CC(C)C)cc1CO. The maximum atomic E-state index is 9.51. The summed E-state index contributed by atoms with van der Waals surface area (Å²) in [6, 6.07) is 8.27. The molecule has 0 bridgehead atoms.